The van der Waals surface area contributed by atoms with E-state index >= 15 is 8.78 Å². The fraction of sp³-hybridized carbons (Fsp3) is 0.323. The third-order valence-electron chi connectivity index (χ3n) is 7.65. The second-order valence-corrected chi connectivity index (χ2v) is 11.4. The van der Waals surface area contributed by atoms with E-state index in [1.54, 1.807) is 12.3 Å². The molecule has 10 nitrogen and oxygen atoms in total. The lowest BCUT2D eigenvalue weighted by atomic mass is 9.94. The molecule has 0 aliphatic carbocycles. The van der Waals surface area contributed by atoms with E-state index < -0.39 is 22.8 Å². The van der Waals surface area contributed by atoms with Gasteiger partial charge < -0.3 is 35.0 Å². The Morgan fingerprint density at radius 3 is 2.41 bits per heavy atom. The van der Waals surface area contributed by atoms with Crippen LogP contribution < -0.4 is 25.0 Å². The van der Waals surface area contributed by atoms with Gasteiger partial charge in [-0.2, -0.15) is 0 Å². The Balaban J connectivity index is 1.46. The van der Waals surface area contributed by atoms with E-state index in [-0.39, 0.29) is 22.4 Å². The lowest BCUT2D eigenvalue weighted by Gasteiger charge is -2.35. The predicted molar refractivity (Wildman–Crippen MR) is 168 cm³/mol. The summed E-state index contributed by atoms with van der Waals surface area (Å²) in [5, 5.41) is 17.6. The molecular formula is C31H34F2N6O4S. The Bertz CT molecular complexity index is 1680. The summed E-state index contributed by atoms with van der Waals surface area (Å²) in [4.78, 5) is 25.9. The van der Waals surface area contributed by atoms with Crippen LogP contribution >= 0.6 is 11.3 Å². The first-order valence-corrected chi connectivity index (χ1v) is 14.8. The van der Waals surface area contributed by atoms with Gasteiger partial charge in [0.05, 0.1) is 41.4 Å². The van der Waals surface area contributed by atoms with Gasteiger partial charge in [-0.25, -0.2) is 18.7 Å². The highest BCUT2D eigenvalue weighted by molar-refractivity contribution is 7.18. The summed E-state index contributed by atoms with van der Waals surface area (Å²) in [6, 6.07) is 8.49. The Morgan fingerprint density at radius 2 is 1.80 bits per heavy atom. The van der Waals surface area contributed by atoms with E-state index in [0.29, 0.717) is 27.4 Å². The van der Waals surface area contributed by atoms with E-state index in [2.05, 4.69) is 43.9 Å². The summed E-state index contributed by atoms with van der Waals surface area (Å²) in [6.07, 6.45) is 2.75. The van der Waals surface area contributed by atoms with Gasteiger partial charge in [0.1, 0.15) is 16.4 Å². The van der Waals surface area contributed by atoms with Crippen LogP contribution in [0.15, 0.2) is 49.2 Å². The number of hydrogen-bond donors (Lipinski definition) is 3. The summed E-state index contributed by atoms with van der Waals surface area (Å²) in [5.41, 5.74) is -0.231. The van der Waals surface area contributed by atoms with Crippen LogP contribution in [0.25, 0.3) is 10.2 Å². The van der Waals surface area contributed by atoms with Crippen LogP contribution in [-0.2, 0) is 10.4 Å². The molecule has 0 radical (unpaired) electrons. The molecule has 0 spiro atoms. The number of nitrogens with one attached hydrogen (secondary N) is 2. The van der Waals surface area contributed by atoms with E-state index in [1.165, 1.54) is 27.2 Å². The zero-order valence-electron chi connectivity index (χ0n) is 24.9. The minimum absolute atomic E-state index is 0.0472. The molecule has 13 heteroatoms. The zero-order valence-corrected chi connectivity index (χ0v) is 25.7. The van der Waals surface area contributed by atoms with Crippen molar-refractivity contribution in [1.82, 2.24) is 14.9 Å². The van der Waals surface area contributed by atoms with Crippen molar-refractivity contribution < 1.29 is 28.2 Å². The van der Waals surface area contributed by atoms with Crippen molar-refractivity contribution in [2.45, 2.75) is 19.4 Å². The number of carbonyl (C=O) groups is 1. The molecule has 1 unspecified atom stereocenters. The molecular weight excluding hydrogens is 590 g/mol. The zero-order chi connectivity index (χ0) is 31.6. The summed E-state index contributed by atoms with van der Waals surface area (Å²) >= 11 is 1.05. The number of halogens is 2. The first kappa shape index (κ1) is 31.1. The predicted octanol–water partition coefficient (Wildman–Crippen LogP) is 5.25. The van der Waals surface area contributed by atoms with E-state index in [0.717, 1.165) is 55.8 Å². The number of aliphatic hydroxyl groups is 1. The minimum Gasteiger partial charge on any atom is -0.494 e. The quantitative estimate of drug-likeness (QED) is 0.204. The topological polar surface area (TPSA) is 112 Å². The third kappa shape index (κ3) is 6.03. The number of hydrogen-bond acceptors (Lipinski definition) is 10. The van der Waals surface area contributed by atoms with Crippen LogP contribution in [0.3, 0.4) is 0 Å². The first-order chi connectivity index (χ1) is 21.1. The maximum absolute atomic E-state index is 15.3. The van der Waals surface area contributed by atoms with Crippen molar-refractivity contribution in [2.24, 2.45) is 0 Å². The van der Waals surface area contributed by atoms with Crippen LogP contribution in [0.1, 0.15) is 24.4 Å². The number of carbonyl (C=O) groups excluding carboxylic acids is 1. The number of rotatable bonds is 10. The molecule has 1 fully saturated rings. The average Bonchev–Trinajstić information content (AvgIpc) is 3.46. The van der Waals surface area contributed by atoms with Crippen molar-refractivity contribution in [3.63, 3.8) is 0 Å². The SMILES string of the molecule is C=CC(=O)Nc1cc(N2CCN(CC)CC2)ccc1Nc1cc2nc(C(C)(O)c3c(F)c(OC)cc(OC)c3F)sc2cn1. The van der Waals surface area contributed by atoms with Crippen molar-refractivity contribution in [3.05, 3.63) is 71.4 Å². The molecule has 0 bridgehead atoms. The Morgan fingerprint density at radius 1 is 1.11 bits per heavy atom. The monoisotopic (exact) mass is 624 g/mol. The molecule has 1 aliphatic rings. The Hall–Kier alpha value is -4.33. The number of methoxy groups -OCH3 is 2. The number of pyridine rings is 1. The van der Waals surface area contributed by atoms with E-state index in [4.69, 9.17) is 9.47 Å². The number of piperazine rings is 1. The summed E-state index contributed by atoms with van der Waals surface area (Å²) in [7, 11) is 2.48. The number of thiazole rings is 1. The molecule has 1 aliphatic heterocycles. The molecule has 3 heterocycles. The first-order valence-electron chi connectivity index (χ1n) is 14.0. The summed E-state index contributed by atoms with van der Waals surface area (Å²) in [6.45, 7) is 11.6. The molecule has 2 aromatic heterocycles. The number of amides is 1. The van der Waals surface area contributed by atoms with Crippen LogP contribution in [0.5, 0.6) is 11.5 Å². The van der Waals surface area contributed by atoms with Crippen molar-refractivity contribution in [1.29, 1.82) is 0 Å². The molecule has 2 aromatic carbocycles. The number of fused-ring (bicyclic) bond motifs is 1. The highest BCUT2D eigenvalue weighted by Gasteiger charge is 2.38. The standard InChI is InChI=1S/C31H34F2N6O4S/c1-6-26(40)36-20-14-18(39-12-10-38(7-2)11-13-39)8-9-19(20)35-25-15-21-24(17-34-25)44-30(37-21)31(3,41)27-28(32)22(42-4)16-23(43-5)29(27)33/h6,8-9,14-17,41H,1,7,10-13H2,2-5H3,(H,34,35)(H,36,40). The largest absolute Gasteiger partial charge is 0.494 e. The molecule has 232 valence electrons. The third-order valence-corrected chi connectivity index (χ3v) is 8.86. The number of aromatic nitrogens is 2. The van der Waals surface area contributed by atoms with Crippen molar-refractivity contribution >= 4 is 50.3 Å². The van der Waals surface area contributed by atoms with Gasteiger partial charge in [0.25, 0.3) is 0 Å². The number of benzene rings is 2. The van der Waals surface area contributed by atoms with Gasteiger partial charge in [-0.15, -0.1) is 11.3 Å². The number of likely N-dealkylation sites (N-methyl/N-ethyl adjacent to an activating group) is 1. The fourth-order valence-corrected chi connectivity index (χ4v) is 6.08. The molecule has 4 aromatic rings. The van der Waals surface area contributed by atoms with E-state index in [1.807, 2.05) is 18.2 Å². The highest BCUT2D eigenvalue weighted by Crippen LogP contribution is 2.42. The number of nitrogens with zero attached hydrogens (tertiary/aromatic N) is 4. The second-order valence-electron chi connectivity index (χ2n) is 10.4. The molecule has 0 saturated carbocycles. The van der Waals surface area contributed by atoms with Gasteiger partial charge in [-0.05, 0) is 37.7 Å². The lowest BCUT2D eigenvalue weighted by Crippen LogP contribution is -2.46. The highest BCUT2D eigenvalue weighted by atomic mass is 32.1. The second kappa shape index (κ2) is 12.7. The van der Waals surface area contributed by atoms with Crippen LogP contribution in [0, 0.1) is 11.6 Å². The number of anilines is 4. The lowest BCUT2D eigenvalue weighted by molar-refractivity contribution is -0.111. The fourth-order valence-electron chi connectivity index (χ4n) is 5.12. The van der Waals surface area contributed by atoms with Gasteiger partial charge in [0.15, 0.2) is 23.1 Å². The Labute approximate surface area is 257 Å². The molecule has 1 atom stereocenters. The van der Waals surface area contributed by atoms with Crippen molar-refractivity contribution in [3.8, 4) is 11.5 Å². The average molecular weight is 625 g/mol. The summed E-state index contributed by atoms with van der Waals surface area (Å²) in [5.74, 6) is -2.61. The van der Waals surface area contributed by atoms with Gasteiger partial charge in [-0.3, -0.25) is 4.79 Å². The molecule has 3 N–H and O–H groups in total. The van der Waals surface area contributed by atoms with Crippen LogP contribution in [0.2, 0.25) is 0 Å². The van der Waals surface area contributed by atoms with Gasteiger partial charge in [0, 0.05) is 50.2 Å². The maximum Gasteiger partial charge on any atom is 0.247 e. The van der Waals surface area contributed by atoms with Gasteiger partial charge in [0.2, 0.25) is 5.91 Å². The van der Waals surface area contributed by atoms with Gasteiger partial charge in [-0.1, -0.05) is 13.5 Å². The molecule has 5 rings (SSSR count). The van der Waals surface area contributed by atoms with Gasteiger partial charge >= 0.3 is 0 Å². The Kier molecular flexibility index (Phi) is 9.00. The minimum atomic E-state index is -2.16. The maximum atomic E-state index is 15.3. The van der Waals surface area contributed by atoms with Crippen LogP contribution in [-0.4, -0.2) is 72.8 Å². The molecule has 1 saturated heterocycles. The number of ether oxygens (including phenoxy) is 2. The van der Waals surface area contributed by atoms with Crippen molar-refractivity contribution in [2.75, 3.05) is 62.5 Å². The van der Waals surface area contributed by atoms with E-state index in [9.17, 15) is 9.90 Å². The molecule has 1 amide bonds. The normalized spacial score (nSPS) is 15.1. The smallest absolute Gasteiger partial charge is 0.247 e. The summed E-state index contributed by atoms with van der Waals surface area (Å²) < 4.78 is 41.2. The molecule has 44 heavy (non-hydrogen) atoms. The van der Waals surface area contributed by atoms with Crippen LogP contribution in [0.4, 0.5) is 31.7 Å².